The van der Waals surface area contributed by atoms with Gasteiger partial charge in [-0.1, -0.05) is 25.1 Å². The lowest BCUT2D eigenvalue weighted by molar-refractivity contribution is 0.0950. The molecule has 0 unspecified atom stereocenters. The van der Waals surface area contributed by atoms with Gasteiger partial charge in [-0.05, 0) is 60.7 Å². The van der Waals surface area contributed by atoms with Gasteiger partial charge in [0.2, 0.25) is 0 Å². The van der Waals surface area contributed by atoms with Crippen LogP contribution in [0.25, 0.3) is 16.9 Å². The number of hydrogen-bond acceptors (Lipinski definition) is 5. The van der Waals surface area contributed by atoms with Crippen LogP contribution in [-0.4, -0.2) is 33.4 Å². The molecular weight excluding hydrogens is 408 g/mol. The molecule has 0 spiro atoms. The number of rotatable bonds is 8. The predicted octanol–water partition coefficient (Wildman–Crippen LogP) is 4.84. The normalized spacial score (nSPS) is 10.9. The lowest BCUT2D eigenvalue weighted by Gasteiger charge is -2.08. The van der Waals surface area contributed by atoms with Crippen molar-refractivity contribution in [2.75, 3.05) is 12.9 Å². The first-order valence-corrected chi connectivity index (χ1v) is 11.2. The lowest BCUT2D eigenvalue weighted by atomic mass is 10.1. The summed E-state index contributed by atoms with van der Waals surface area (Å²) in [4.78, 5) is 17.4. The molecule has 0 aliphatic rings. The van der Waals surface area contributed by atoms with E-state index in [0.717, 1.165) is 45.5 Å². The molecular formula is C24H24N4O2S. The van der Waals surface area contributed by atoms with Crippen LogP contribution in [0.5, 0.6) is 5.75 Å². The van der Waals surface area contributed by atoms with Crippen molar-refractivity contribution in [1.29, 1.82) is 0 Å². The molecule has 1 N–H and O–H groups in total. The van der Waals surface area contributed by atoms with E-state index < -0.39 is 0 Å². The average Bonchev–Trinajstić information content (AvgIpc) is 3.19. The Kier molecular flexibility index (Phi) is 6.52. The first-order valence-electron chi connectivity index (χ1n) is 10.2. The third-order valence-electron chi connectivity index (χ3n) is 4.82. The number of thioether (sulfide) groups is 1. The Morgan fingerprint density at radius 1 is 1.06 bits per heavy atom. The van der Waals surface area contributed by atoms with Crippen LogP contribution >= 0.6 is 11.8 Å². The zero-order chi connectivity index (χ0) is 21.6. The number of nitrogens with one attached hydrogen (secondary N) is 1. The molecule has 6 nitrogen and oxygen atoms in total. The van der Waals surface area contributed by atoms with Crippen molar-refractivity contribution in [3.63, 3.8) is 0 Å². The molecule has 2 aromatic heterocycles. The Balaban J connectivity index is 1.71. The second-order valence-electron chi connectivity index (χ2n) is 6.97. The summed E-state index contributed by atoms with van der Waals surface area (Å²) in [5, 5.41) is 8.74. The number of imidazole rings is 1. The van der Waals surface area contributed by atoms with Gasteiger partial charge in [0.1, 0.15) is 10.8 Å². The largest absolute Gasteiger partial charge is 0.497 e. The Labute approximate surface area is 185 Å². The fourth-order valence-corrected chi connectivity index (χ4v) is 3.96. The molecule has 4 rings (SSSR count). The minimum atomic E-state index is -0.132. The van der Waals surface area contributed by atoms with E-state index in [2.05, 4.69) is 12.2 Å². The van der Waals surface area contributed by atoms with Gasteiger partial charge in [0.15, 0.2) is 5.65 Å². The first-order chi connectivity index (χ1) is 15.2. The van der Waals surface area contributed by atoms with Gasteiger partial charge < -0.3 is 10.1 Å². The zero-order valence-corrected chi connectivity index (χ0v) is 18.4. The number of fused-ring (bicyclic) bond motifs is 1. The van der Waals surface area contributed by atoms with Crippen molar-refractivity contribution in [1.82, 2.24) is 19.9 Å². The Morgan fingerprint density at radius 2 is 1.84 bits per heavy atom. The molecule has 0 saturated carbocycles. The van der Waals surface area contributed by atoms with Crippen LogP contribution in [0.3, 0.4) is 0 Å². The molecule has 0 bridgehead atoms. The first kappa shape index (κ1) is 20.9. The summed E-state index contributed by atoms with van der Waals surface area (Å²) < 4.78 is 7.11. The molecule has 0 saturated heterocycles. The minimum Gasteiger partial charge on any atom is -0.497 e. The Hall–Kier alpha value is -3.32. The summed E-state index contributed by atoms with van der Waals surface area (Å²) in [5.74, 6) is 1.65. The van der Waals surface area contributed by atoms with E-state index in [0.29, 0.717) is 12.1 Å². The maximum absolute atomic E-state index is 12.6. The van der Waals surface area contributed by atoms with Gasteiger partial charge in [0.25, 0.3) is 5.91 Å². The Bertz CT molecular complexity index is 1170. The molecule has 0 radical (unpaired) electrons. The van der Waals surface area contributed by atoms with Crippen molar-refractivity contribution < 1.29 is 9.53 Å². The van der Waals surface area contributed by atoms with E-state index in [1.807, 2.05) is 59.1 Å². The molecule has 2 heterocycles. The Morgan fingerprint density at radius 3 is 2.55 bits per heavy atom. The topological polar surface area (TPSA) is 68.5 Å². The van der Waals surface area contributed by atoms with Crippen LogP contribution < -0.4 is 10.1 Å². The van der Waals surface area contributed by atoms with Crippen molar-refractivity contribution in [3.8, 4) is 17.0 Å². The molecule has 2 aromatic carbocycles. The third kappa shape index (κ3) is 4.72. The summed E-state index contributed by atoms with van der Waals surface area (Å²) in [6.07, 6.45) is 1.07. The number of carbonyl (C=O) groups excluding carboxylic acids is 1. The number of methoxy groups -OCH3 is 1. The SMILES string of the molecule is CCCSc1ccc2nc(-c3ccc(OC)cc3)c(CNC(=O)c3ccccc3)n2n1. The average molecular weight is 433 g/mol. The van der Waals surface area contributed by atoms with Gasteiger partial charge in [-0.2, -0.15) is 5.10 Å². The highest BCUT2D eigenvalue weighted by molar-refractivity contribution is 7.99. The molecule has 4 aromatic rings. The van der Waals surface area contributed by atoms with Gasteiger partial charge in [0, 0.05) is 11.1 Å². The summed E-state index contributed by atoms with van der Waals surface area (Å²) in [6, 6.07) is 20.9. The molecule has 7 heteroatoms. The molecule has 0 fully saturated rings. The highest BCUT2D eigenvalue weighted by Crippen LogP contribution is 2.27. The van der Waals surface area contributed by atoms with Crippen LogP contribution in [-0.2, 0) is 6.54 Å². The quantitative estimate of drug-likeness (QED) is 0.404. The summed E-state index contributed by atoms with van der Waals surface area (Å²) >= 11 is 1.71. The van der Waals surface area contributed by atoms with E-state index >= 15 is 0 Å². The molecule has 158 valence electrons. The second-order valence-corrected chi connectivity index (χ2v) is 8.09. The maximum atomic E-state index is 12.6. The minimum absolute atomic E-state index is 0.132. The summed E-state index contributed by atoms with van der Waals surface area (Å²) in [5.41, 5.74) is 3.94. The predicted molar refractivity (Wildman–Crippen MR) is 124 cm³/mol. The molecule has 0 aliphatic heterocycles. The summed E-state index contributed by atoms with van der Waals surface area (Å²) in [6.45, 7) is 2.46. The number of carbonyl (C=O) groups is 1. The van der Waals surface area contributed by atoms with Crippen LogP contribution in [0.15, 0.2) is 71.8 Å². The standard InChI is InChI=1S/C24H24N4O2S/c1-3-15-31-22-14-13-21-26-23(17-9-11-19(30-2)12-10-17)20(28(21)27-22)16-25-24(29)18-7-5-4-6-8-18/h4-14H,3,15-16H2,1-2H3,(H,25,29). The van der Waals surface area contributed by atoms with E-state index in [1.54, 1.807) is 31.0 Å². The van der Waals surface area contributed by atoms with E-state index in [4.69, 9.17) is 14.8 Å². The van der Waals surface area contributed by atoms with Crippen LogP contribution in [0.2, 0.25) is 0 Å². The van der Waals surface area contributed by atoms with Crippen molar-refractivity contribution in [2.45, 2.75) is 24.9 Å². The highest BCUT2D eigenvalue weighted by Gasteiger charge is 2.17. The van der Waals surface area contributed by atoms with Gasteiger partial charge in [-0.15, -0.1) is 11.8 Å². The van der Waals surface area contributed by atoms with E-state index in [9.17, 15) is 4.79 Å². The monoisotopic (exact) mass is 432 g/mol. The smallest absolute Gasteiger partial charge is 0.251 e. The van der Waals surface area contributed by atoms with Crippen molar-refractivity contribution in [2.24, 2.45) is 0 Å². The molecule has 0 atom stereocenters. The molecule has 31 heavy (non-hydrogen) atoms. The van der Waals surface area contributed by atoms with E-state index in [1.165, 1.54) is 0 Å². The van der Waals surface area contributed by atoms with Gasteiger partial charge in [-0.3, -0.25) is 4.79 Å². The second kappa shape index (κ2) is 9.66. The fourth-order valence-electron chi connectivity index (χ4n) is 3.24. The van der Waals surface area contributed by atoms with E-state index in [-0.39, 0.29) is 5.91 Å². The fraction of sp³-hybridized carbons (Fsp3) is 0.208. The third-order valence-corrected chi connectivity index (χ3v) is 5.94. The van der Waals surface area contributed by atoms with Gasteiger partial charge >= 0.3 is 0 Å². The van der Waals surface area contributed by atoms with Crippen molar-refractivity contribution in [3.05, 3.63) is 78.0 Å². The summed E-state index contributed by atoms with van der Waals surface area (Å²) in [7, 11) is 1.64. The number of aromatic nitrogens is 3. The number of ether oxygens (including phenoxy) is 1. The highest BCUT2D eigenvalue weighted by atomic mass is 32.2. The van der Waals surface area contributed by atoms with Crippen molar-refractivity contribution >= 4 is 23.3 Å². The lowest BCUT2D eigenvalue weighted by Crippen LogP contribution is -2.24. The molecule has 1 amide bonds. The maximum Gasteiger partial charge on any atom is 0.251 e. The van der Waals surface area contributed by atoms with Crippen LogP contribution in [0, 0.1) is 0 Å². The van der Waals surface area contributed by atoms with Gasteiger partial charge in [0.05, 0.1) is 25.0 Å². The molecule has 0 aliphatic carbocycles. The zero-order valence-electron chi connectivity index (χ0n) is 17.5. The van der Waals surface area contributed by atoms with Crippen LogP contribution in [0.4, 0.5) is 0 Å². The number of amides is 1. The number of nitrogens with zero attached hydrogens (tertiary/aromatic N) is 3. The van der Waals surface area contributed by atoms with Crippen LogP contribution in [0.1, 0.15) is 29.4 Å². The van der Waals surface area contributed by atoms with Gasteiger partial charge in [-0.25, -0.2) is 9.50 Å². The number of hydrogen-bond donors (Lipinski definition) is 1. The number of benzene rings is 2.